The lowest BCUT2D eigenvalue weighted by Gasteiger charge is -2.09. The average molecular weight is 179 g/mol. The molecule has 1 fully saturated rings. The lowest BCUT2D eigenvalue weighted by molar-refractivity contribution is 0.114. The summed E-state index contributed by atoms with van der Waals surface area (Å²) in [4.78, 5) is 0.618. The Morgan fingerprint density at radius 3 is 2.50 bits per heavy atom. The van der Waals surface area contributed by atoms with E-state index in [4.69, 9.17) is 4.74 Å². The van der Waals surface area contributed by atoms with Gasteiger partial charge in [-0.05, 0) is 19.3 Å². The second kappa shape index (κ2) is 2.83. The predicted octanol–water partition coefficient (Wildman–Crippen LogP) is 1.95. The number of halogens is 1. The molecule has 0 aliphatic heterocycles. The quantitative estimate of drug-likeness (QED) is 0.559. The van der Waals surface area contributed by atoms with Gasteiger partial charge in [0.2, 0.25) is 0 Å². The molecular formula is C6H11BrO. The number of hydrogen-bond acceptors (Lipinski definition) is 1. The van der Waals surface area contributed by atoms with E-state index in [1.165, 1.54) is 19.3 Å². The summed E-state index contributed by atoms with van der Waals surface area (Å²) in [6, 6.07) is 0. The largest absolute Gasteiger partial charge is 0.380 e. The van der Waals surface area contributed by atoms with Crippen molar-refractivity contribution in [1.82, 2.24) is 0 Å². The van der Waals surface area contributed by atoms with Gasteiger partial charge in [-0.2, -0.15) is 0 Å². The maximum Gasteiger partial charge on any atom is 0.0696 e. The molecule has 0 unspecified atom stereocenters. The molecule has 1 aliphatic rings. The van der Waals surface area contributed by atoms with Crippen LogP contribution in [0.25, 0.3) is 0 Å². The first-order valence-electron chi connectivity index (χ1n) is 3.01. The van der Waals surface area contributed by atoms with Crippen molar-refractivity contribution < 1.29 is 4.74 Å². The van der Waals surface area contributed by atoms with E-state index in [0.29, 0.717) is 10.9 Å². The van der Waals surface area contributed by atoms with Crippen LogP contribution in [0.5, 0.6) is 0 Å². The van der Waals surface area contributed by atoms with Crippen molar-refractivity contribution in [3.63, 3.8) is 0 Å². The van der Waals surface area contributed by atoms with Gasteiger partial charge >= 0.3 is 0 Å². The first-order valence-corrected chi connectivity index (χ1v) is 3.93. The minimum Gasteiger partial charge on any atom is -0.380 e. The molecule has 0 aromatic carbocycles. The average Bonchev–Trinajstić information content (AvgIpc) is 2.14. The Morgan fingerprint density at radius 1 is 1.50 bits per heavy atom. The van der Waals surface area contributed by atoms with Crippen molar-refractivity contribution in [3.05, 3.63) is 0 Å². The summed E-state index contributed by atoms with van der Waals surface area (Å²) in [5.74, 6) is 0. The molecule has 0 aromatic heterocycles. The van der Waals surface area contributed by atoms with Gasteiger partial charge in [-0.3, -0.25) is 0 Å². The van der Waals surface area contributed by atoms with E-state index >= 15 is 0 Å². The summed E-state index contributed by atoms with van der Waals surface area (Å²) in [5.41, 5.74) is 0. The van der Waals surface area contributed by atoms with Crippen molar-refractivity contribution in [1.29, 1.82) is 0 Å². The molecule has 0 N–H and O–H groups in total. The third kappa shape index (κ3) is 1.23. The Morgan fingerprint density at radius 2 is 2.25 bits per heavy atom. The maximum atomic E-state index is 5.18. The fourth-order valence-electron chi connectivity index (χ4n) is 1.15. The summed E-state index contributed by atoms with van der Waals surface area (Å²) >= 11 is 3.54. The first-order chi connectivity index (χ1) is 3.84. The lowest BCUT2D eigenvalue weighted by Crippen LogP contribution is -2.14. The van der Waals surface area contributed by atoms with Crippen LogP contribution in [0.15, 0.2) is 0 Å². The summed E-state index contributed by atoms with van der Waals surface area (Å²) in [6.07, 6.45) is 4.30. The molecule has 2 atom stereocenters. The van der Waals surface area contributed by atoms with Crippen molar-refractivity contribution in [2.75, 3.05) is 7.11 Å². The monoisotopic (exact) mass is 178 g/mol. The highest BCUT2D eigenvalue weighted by atomic mass is 79.9. The van der Waals surface area contributed by atoms with Crippen LogP contribution in [0.3, 0.4) is 0 Å². The minimum absolute atomic E-state index is 0.481. The Labute approximate surface area is 58.5 Å². The predicted molar refractivity (Wildman–Crippen MR) is 37.4 cm³/mol. The van der Waals surface area contributed by atoms with Crippen LogP contribution in [-0.4, -0.2) is 18.0 Å². The van der Waals surface area contributed by atoms with Crippen LogP contribution in [0, 0.1) is 0 Å². The zero-order valence-corrected chi connectivity index (χ0v) is 6.65. The van der Waals surface area contributed by atoms with Crippen molar-refractivity contribution in [3.8, 4) is 0 Å². The zero-order chi connectivity index (χ0) is 5.98. The normalized spacial score (nSPS) is 38.2. The number of rotatable bonds is 1. The fourth-order valence-corrected chi connectivity index (χ4v) is 1.95. The summed E-state index contributed by atoms with van der Waals surface area (Å²) in [5, 5.41) is 0. The van der Waals surface area contributed by atoms with Crippen molar-refractivity contribution in [2.45, 2.75) is 30.2 Å². The van der Waals surface area contributed by atoms with Crippen LogP contribution >= 0.6 is 15.9 Å². The highest BCUT2D eigenvalue weighted by Crippen LogP contribution is 2.27. The van der Waals surface area contributed by atoms with Gasteiger partial charge in [-0.25, -0.2) is 0 Å². The van der Waals surface area contributed by atoms with Crippen molar-refractivity contribution in [2.24, 2.45) is 0 Å². The van der Waals surface area contributed by atoms with E-state index < -0.39 is 0 Å². The van der Waals surface area contributed by atoms with E-state index in [1.807, 2.05) is 0 Å². The fraction of sp³-hybridized carbons (Fsp3) is 1.00. The van der Waals surface area contributed by atoms with E-state index in [-0.39, 0.29) is 0 Å². The van der Waals surface area contributed by atoms with Gasteiger partial charge < -0.3 is 4.74 Å². The third-order valence-corrected chi connectivity index (χ3v) is 2.72. The van der Waals surface area contributed by atoms with Gasteiger partial charge in [-0.1, -0.05) is 15.9 Å². The van der Waals surface area contributed by atoms with Crippen molar-refractivity contribution >= 4 is 15.9 Å². The van der Waals surface area contributed by atoms with Crippen LogP contribution in [-0.2, 0) is 4.74 Å². The second-order valence-electron chi connectivity index (χ2n) is 2.22. The third-order valence-electron chi connectivity index (χ3n) is 1.67. The van der Waals surface area contributed by atoms with E-state index in [2.05, 4.69) is 15.9 Å². The highest BCUT2D eigenvalue weighted by Gasteiger charge is 2.23. The van der Waals surface area contributed by atoms with Crippen LogP contribution in [0.2, 0.25) is 0 Å². The van der Waals surface area contributed by atoms with Gasteiger partial charge in [0.25, 0.3) is 0 Å². The molecule has 0 bridgehead atoms. The van der Waals surface area contributed by atoms with Crippen LogP contribution in [0.4, 0.5) is 0 Å². The number of alkyl halides is 1. The van der Waals surface area contributed by atoms with Crippen LogP contribution < -0.4 is 0 Å². The topological polar surface area (TPSA) is 9.23 Å². The van der Waals surface area contributed by atoms with Gasteiger partial charge in [-0.15, -0.1) is 0 Å². The SMILES string of the molecule is CO[C@@H]1CCC[C@@H]1Br. The summed E-state index contributed by atoms with van der Waals surface area (Å²) in [6.45, 7) is 0. The number of hydrogen-bond donors (Lipinski definition) is 0. The molecule has 8 heavy (non-hydrogen) atoms. The molecule has 0 spiro atoms. The molecule has 1 saturated carbocycles. The number of methoxy groups -OCH3 is 1. The minimum atomic E-state index is 0.481. The van der Waals surface area contributed by atoms with Gasteiger partial charge in [0.1, 0.15) is 0 Å². The lowest BCUT2D eigenvalue weighted by atomic mass is 10.3. The highest BCUT2D eigenvalue weighted by molar-refractivity contribution is 9.09. The summed E-state index contributed by atoms with van der Waals surface area (Å²) in [7, 11) is 1.78. The number of ether oxygens (including phenoxy) is 1. The summed E-state index contributed by atoms with van der Waals surface area (Å²) < 4.78 is 5.18. The van der Waals surface area contributed by atoms with Crippen LogP contribution in [0.1, 0.15) is 19.3 Å². The Kier molecular flexibility index (Phi) is 2.32. The smallest absolute Gasteiger partial charge is 0.0696 e. The molecule has 1 rings (SSSR count). The second-order valence-corrected chi connectivity index (χ2v) is 3.40. The maximum absolute atomic E-state index is 5.18. The molecule has 0 aromatic rings. The molecule has 0 radical (unpaired) electrons. The molecule has 1 aliphatic carbocycles. The molecule has 0 amide bonds. The van der Waals surface area contributed by atoms with E-state index in [1.54, 1.807) is 7.11 Å². The Hall–Kier alpha value is 0.440. The Balaban J connectivity index is 2.30. The first kappa shape index (κ1) is 6.56. The zero-order valence-electron chi connectivity index (χ0n) is 5.06. The van der Waals surface area contributed by atoms with E-state index in [9.17, 15) is 0 Å². The molecular weight excluding hydrogens is 168 g/mol. The molecule has 48 valence electrons. The molecule has 2 heteroatoms. The molecule has 1 nitrogen and oxygen atoms in total. The standard InChI is InChI=1S/C6H11BrO/c1-8-6-4-2-3-5(6)7/h5-6H,2-4H2,1H3/t5-,6+/m0/s1. The Bertz CT molecular complexity index is 74.9. The van der Waals surface area contributed by atoms with Gasteiger partial charge in [0.05, 0.1) is 6.10 Å². The van der Waals surface area contributed by atoms with Gasteiger partial charge in [0, 0.05) is 11.9 Å². The molecule has 0 saturated heterocycles. The van der Waals surface area contributed by atoms with E-state index in [0.717, 1.165) is 0 Å². The molecule has 0 heterocycles. The van der Waals surface area contributed by atoms with Gasteiger partial charge in [0.15, 0.2) is 0 Å².